The molecule has 102 valence electrons. The number of nitrogens with zero attached hydrogens (tertiary/aromatic N) is 2. The molecule has 0 saturated heterocycles. The number of carbonyl (C=O) groups is 2. The van der Waals surface area contributed by atoms with Crippen molar-refractivity contribution in [3.63, 3.8) is 0 Å². The van der Waals surface area contributed by atoms with Gasteiger partial charge in [0.1, 0.15) is 5.82 Å². The predicted molar refractivity (Wildman–Crippen MR) is 77.9 cm³/mol. The van der Waals surface area contributed by atoms with Crippen LogP contribution in [0.25, 0.3) is 0 Å². The minimum absolute atomic E-state index is 0.126. The van der Waals surface area contributed by atoms with Crippen LogP contribution in [0.3, 0.4) is 0 Å². The van der Waals surface area contributed by atoms with E-state index in [2.05, 4.69) is 4.98 Å². The molecule has 0 bridgehead atoms. The smallest absolute Gasteiger partial charge is 0.224 e. The monoisotopic (exact) mass is 268 g/mol. The van der Waals surface area contributed by atoms with Gasteiger partial charge in [-0.1, -0.05) is 24.3 Å². The summed E-state index contributed by atoms with van der Waals surface area (Å²) in [6.45, 7) is 3.33. The van der Waals surface area contributed by atoms with E-state index in [4.69, 9.17) is 0 Å². The van der Waals surface area contributed by atoms with Crippen LogP contribution in [0.2, 0.25) is 0 Å². The number of aromatic nitrogens is 1. The molecule has 1 aromatic heterocycles. The van der Waals surface area contributed by atoms with E-state index < -0.39 is 0 Å². The number of hydrogen-bond donors (Lipinski definition) is 0. The molecule has 0 atom stereocenters. The maximum Gasteiger partial charge on any atom is 0.224 e. The molecule has 1 heterocycles. The van der Waals surface area contributed by atoms with Crippen LogP contribution < -0.4 is 4.90 Å². The summed E-state index contributed by atoms with van der Waals surface area (Å²) in [6.07, 6.45) is 1.57. The lowest BCUT2D eigenvalue weighted by Gasteiger charge is -2.17. The molecular formula is C16H16N2O2. The van der Waals surface area contributed by atoms with Crippen LogP contribution in [0.4, 0.5) is 5.82 Å². The zero-order chi connectivity index (χ0) is 14.7. The van der Waals surface area contributed by atoms with Crippen LogP contribution in [-0.4, -0.2) is 23.7 Å². The second-order valence-electron chi connectivity index (χ2n) is 4.60. The van der Waals surface area contributed by atoms with E-state index in [1.54, 1.807) is 31.4 Å². The molecule has 20 heavy (non-hydrogen) atoms. The number of anilines is 1. The highest BCUT2D eigenvalue weighted by atomic mass is 16.2. The molecule has 0 spiro atoms. The fraction of sp³-hybridized carbons (Fsp3) is 0.188. The molecule has 0 radical (unpaired) electrons. The van der Waals surface area contributed by atoms with Crippen molar-refractivity contribution < 1.29 is 9.59 Å². The van der Waals surface area contributed by atoms with Crippen LogP contribution in [0.15, 0.2) is 42.6 Å². The molecule has 0 aliphatic rings. The van der Waals surface area contributed by atoms with Crippen molar-refractivity contribution in [1.82, 2.24) is 4.98 Å². The fourth-order valence-corrected chi connectivity index (χ4v) is 1.96. The second kappa shape index (κ2) is 5.65. The third-order valence-corrected chi connectivity index (χ3v) is 3.21. The van der Waals surface area contributed by atoms with Gasteiger partial charge in [0.25, 0.3) is 0 Å². The van der Waals surface area contributed by atoms with Crippen LogP contribution in [-0.2, 0) is 4.79 Å². The standard InChI is InChI=1S/C16H16N2O2/c1-11-7-4-5-8-13(11)15(20)14-9-6-10-17-16(14)18(3)12(2)19/h4-10H,1-3H3. The van der Waals surface area contributed by atoms with E-state index in [0.29, 0.717) is 16.9 Å². The largest absolute Gasteiger partial charge is 0.300 e. The molecule has 4 heteroatoms. The summed E-state index contributed by atoms with van der Waals surface area (Å²) in [7, 11) is 1.61. The van der Waals surface area contributed by atoms with Gasteiger partial charge in [-0.3, -0.25) is 14.5 Å². The van der Waals surface area contributed by atoms with Gasteiger partial charge in [0.2, 0.25) is 5.91 Å². The summed E-state index contributed by atoms with van der Waals surface area (Å²) >= 11 is 0. The molecule has 1 aromatic carbocycles. The Morgan fingerprint density at radius 3 is 2.35 bits per heavy atom. The van der Waals surface area contributed by atoms with Gasteiger partial charge in [-0.15, -0.1) is 0 Å². The Morgan fingerprint density at radius 1 is 1.05 bits per heavy atom. The van der Waals surface area contributed by atoms with E-state index in [0.717, 1.165) is 5.56 Å². The summed E-state index contributed by atoms with van der Waals surface area (Å²) in [5.41, 5.74) is 1.95. The summed E-state index contributed by atoms with van der Waals surface area (Å²) in [4.78, 5) is 29.7. The first-order valence-electron chi connectivity index (χ1n) is 6.32. The van der Waals surface area contributed by atoms with E-state index >= 15 is 0 Å². The average molecular weight is 268 g/mol. The molecule has 0 saturated carbocycles. The second-order valence-corrected chi connectivity index (χ2v) is 4.60. The minimum Gasteiger partial charge on any atom is -0.300 e. The SMILES string of the molecule is CC(=O)N(C)c1ncccc1C(=O)c1ccccc1C. The lowest BCUT2D eigenvalue weighted by molar-refractivity contribution is -0.116. The molecule has 0 fully saturated rings. The lowest BCUT2D eigenvalue weighted by Crippen LogP contribution is -2.26. The molecule has 2 rings (SSSR count). The third kappa shape index (κ3) is 2.59. The Bertz CT molecular complexity index is 665. The quantitative estimate of drug-likeness (QED) is 0.804. The first-order chi connectivity index (χ1) is 9.52. The van der Waals surface area contributed by atoms with Crippen LogP contribution in [0, 0.1) is 6.92 Å². The van der Waals surface area contributed by atoms with Crippen molar-refractivity contribution in [3.05, 3.63) is 59.3 Å². The van der Waals surface area contributed by atoms with Crippen molar-refractivity contribution >= 4 is 17.5 Å². The highest BCUT2D eigenvalue weighted by molar-refractivity contribution is 6.14. The van der Waals surface area contributed by atoms with Gasteiger partial charge >= 0.3 is 0 Å². The van der Waals surface area contributed by atoms with Crippen molar-refractivity contribution in [2.24, 2.45) is 0 Å². The van der Waals surface area contributed by atoms with Gasteiger partial charge in [0.15, 0.2) is 5.78 Å². The predicted octanol–water partition coefficient (Wildman–Crippen LogP) is 2.60. The van der Waals surface area contributed by atoms with Crippen molar-refractivity contribution in [1.29, 1.82) is 0 Å². The Hall–Kier alpha value is -2.49. The topological polar surface area (TPSA) is 50.3 Å². The fourth-order valence-electron chi connectivity index (χ4n) is 1.96. The Balaban J connectivity index is 2.51. The normalized spacial score (nSPS) is 10.2. The molecule has 4 nitrogen and oxygen atoms in total. The highest BCUT2D eigenvalue weighted by Crippen LogP contribution is 2.21. The van der Waals surface area contributed by atoms with Gasteiger partial charge in [-0.05, 0) is 24.6 Å². The van der Waals surface area contributed by atoms with Crippen molar-refractivity contribution in [3.8, 4) is 0 Å². The van der Waals surface area contributed by atoms with Crippen LogP contribution in [0.5, 0.6) is 0 Å². The van der Waals surface area contributed by atoms with Gasteiger partial charge in [-0.2, -0.15) is 0 Å². The van der Waals surface area contributed by atoms with Crippen LogP contribution >= 0.6 is 0 Å². The molecule has 1 amide bonds. The number of amides is 1. The molecule has 0 aliphatic heterocycles. The maximum atomic E-state index is 12.6. The Kier molecular flexibility index (Phi) is 3.94. The maximum absolute atomic E-state index is 12.6. The van der Waals surface area contributed by atoms with E-state index in [1.807, 2.05) is 25.1 Å². The van der Waals surface area contributed by atoms with Gasteiger partial charge in [0, 0.05) is 25.7 Å². The molecule has 2 aromatic rings. The Labute approximate surface area is 118 Å². The van der Waals surface area contributed by atoms with Crippen molar-refractivity contribution in [2.45, 2.75) is 13.8 Å². The highest BCUT2D eigenvalue weighted by Gasteiger charge is 2.19. The number of rotatable bonds is 3. The zero-order valence-corrected chi connectivity index (χ0v) is 11.8. The number of benzene rings is 1. The third-order valence-electron chi connectivity index (χ3n) is 3.21. The summed E-state index contributed by atoms with van der Waals surface area (Å²) in [5.74, 6) is 0.0927. The number of carbonyl (C=O) groups excluding carboxylic acids is 2. The summed E-state index contributed by atoms with van der Waals surface area (Å²) in [6, 6.07) is 10.8. The number of pyridine rings is 1. The minimum atomic E-state index is -0.164. The van der Waals surface area contributed by atoms with Gasteiger partial charge < -0.3 is 0 Å². The number of hydrogen-bond acceptors (Lipinski definition) is 3. The van der Waals surface area contributed by atoms with E-state index in [9.17, 15) is 9.59 Å². The first-order valence-corrected chi connectivity index (χ1v) is 6.32. The summed E-state index contributed by atoms with van der Waals surface area (Å²) in [5, 5.41) is 0. The van der Waals surface area contributed by atoms with Crippen LogP contribution in [0.1, 0.15) is 28.4 Å². The molecule has 0 unspecified atom stereocenters. The zero-order valence-electron chi connectivity index (χ0n) is 11.8. The molecule has 0 aliphatic carbocycles. The number of aryl methyl sites for hydroxylation is 1. The average Bonchev–Trinajstić information content (AvgIpc) is 2.46. The van der Waals surface area contributed by atoms with E-state index in [1.165, 1.54) is 11.8 Å². The molecule has 0 N–H and O–H groups in total. The summed E-state index contributed by atoms with van der Waals surface area (Å²) < 4.78 is 0. The first kappa shape index (κ1) is 13.9. The Morgan fingerprint density at radius 2 is 1.70 bits per heavy atom. The lowest BCUT2D eigenvalue weighted by atomic mass is 9.99. The van der Waals surface area contributed by atoms with Gasteiger partial charge in [-0.25, -0.2) is 4.98 Å². The molecular weight excluding hydrogens is 252 g/mol. The van der Waals surface area contributed by atoms with E-state index in [-0.39, 0.29) is 11.7 Å². The van der Waals surface area contributed by atoms with Gasteiger partial charge in [0.05, 0.1) is 5.56 Å². The number of ketones is 1. The van der Waals surface area contributed by atoms with Crippen molar-refractivity contribution in [2.75, 3.05) is 11.9 Å².